The quantitative estimate of drug-likeness (QED) is 0.476. The number of carbonyl (C=O) groups is 3. The number of carbonyl (C=O) groups excluding carboxylic acids is 3. The van der Waals surface area contributed by atoms with Crippen LogP contribution in [0.1, 0.15) is 69.7 Å². The molecule has 0 heterocycles. The molecule has 0 aliphatic rings. The van der Waals surface area contributed by atoms with Gasteiger partial charge in [0.2, 0.25) is 11.8 Å². The van der Waals surface area contributed by atoms with Crippen molar-refractivity contribution in [2.45, 2.75) is 78.5 Å². The summed E-state index contributed by atoms with van der Waals surface area (Å²) in [4.78, 5) is 39.7. The number of rotatable bonds is 10. The maximum absolute atomic E-state index is 13.2. The van der Waals surface area contributed by atoms with Crippen LogP contribution in [0.3, 0.4) is 0 Å². The van der Waals surface area contributed by atoms with Crippen molar-refractivity contribution in [2.24, 2.45) is 0 Å². The van der Waals surface area contributed by atoms with Gasteiger partial charge >= 0.3 is 6.09 Å². The van der Waals surface area contributed by atoms with Gasteiger partial charge in [0, 0.05) is 13.6 Å². The second-order valence-corrected chi connectivity index (χ2v) is 9.09. The first kappa shape index (κ1) is 27.4. The van der Waals surface area contributed by atoms with E-state index in [0.29, 0.717) is 12.1 Å². The highest BCUT2D eigenvalue weighted by Crippen LogP contribution is 2.25. The van der Waals surface area contributed by atoms with Gasteiger partial charge in [-0.05, 0) is 52.2 Å². The molecule has 0 aliphatic heterocycles. The van der Waals surface area contributed by atoms with Crippen LogP contribution in [0.25, 0.3) is 0 Å². The second kappa shape index (κ2) is 12.4. The van der Waals surface area contributed by atoms with Crippen molar-refractivity contribution in [3.8, 4) is 0 Å². The number of nitrogens with one attached hydrogen (secondary N) is 2. The Morgan fingerprint density at radius 2 is 1.81 bits per heavy atom. The van der Waals surface area contributed by atoms with Crippen molar-refractivity contribution in [1.82, 2.24) is 15.5 Å². The zero-order valence-corrected chi connectivity index (χ0v) is 20.4. The number of benzene rings is 1. The van der Waals surface area contributed by atoms with Crippen LogP contribution in [-0.4, -0.2) is 59.8 Å². The number of amides is 3. The molecule has 3 amide bonds. The first-order valence-corrected chi connectivity index (χ1v) is 11.1. The van der Waals surface area contributed by atoms with Gasteiger partial charge in [0.1, 0.15) is 17.7 Å². The molecule has 0 bridgehead atoms. The van der Waals surface area contributed by atoms with Crippen molar-refractivity contribution in [3.63, 3.8) is 0 Å². The molecule has 3 N–H and O–H groups in total. The minimum Gasteiger partial charge on any atom is -0.444 e. The van der Waals surface area contributed by atoms with Gasteiger partial charge in [0.15, 0.2) is 0 Å². The number of hydrogen-bond acceptors (Lipinski definition) is 5. The molecule has 2 unspecified atom stereocenters. The Hall–Kier alpha value is -2.61. The molecule has 0 spiro atoms. The first-order valence-electron chi connectivity index (χ1n) is 11.1. The SMILES string of the molecule is CCCCCNC(=O)C(c1ccc(C)cc1C)N(C)C(=O)C(CO)NC(=O)OC(C)(C)C. The van der Waals surface area contributed by atoms with Crippen LogP contribution in [-0.2, 0) is 14.3 Å². The zero-order valence-electron chi connectivity index (χ0n) is 20.4. The van der Waals surface area contributed by atoms with Crippen LogP contribution in [0.2, 0.25) is 0 Å². The Balaban J connectivity index is 3.13. The van der Waals surface area contributed by atoms with E-state index in [-0.39, 0.29) is 5.91 Å². The van der Waals surface area contributed by atoms with Crippen LogP contribution in [0.5, 0.6) is 0 Å². The van der Waals surface area contributed by atoms with Crippen molar-refractivity contribution in [1.29, 1.82) is 0 Å². The summed E-state index contributed by atoms with van der Waals surface area (Å²) in [5.74, 6) is -0.898. The van der Waals surface area contributed by atoms with Gasteiger partial charge in [0.05, 0.1) is 6.61 Å². The molecule has 180 valence electrons. The van der Waals surface area contributed by atoms with Crippen LogP contribution < -0.4 is 10.6 Å². The van der Waals surface area contributed by atoms with Gasteiger partial charge in [0.25, 0.3) is 0 Å². The molecule has 0 aromatic heterocycles. The van der Waals surface area contributed by atoms with E-state index in [4.69, 9.17) is 4.74 Å². The van der Waals surface area contributed by atoms with Crippen LogP contribution in [0.4, 0.5) is 4.79 Å². The van der Waals surface area contributed by atoms with Gasteiger partial charge < -0.3 is 25.4 Å². The van der Waals surface area contributed by atoms with E-state index in [9.17, 15) is 19.5 Å². The van der Waals surface area contributed by atoms with E-state index in [0.717, 1.165) is 30.4 Å². The number of aliphatic hydroxyl groups is 1. The number of ether oxygens (including phenoxy) is 1. The Morgan fingerprint density at radius 1 is 1.16 bits per heavy atom. The molecule has 0 fully saturated rings. The lowest BCUT2D eigenvalue weighted by Crippen LogP contribution is -2.53. The minimum atomic E-state index is -1.24. The van der Waals surface area contributed by atoms with Gasteiger partial charge in [-0.25, -0.2) is 4.79 Å². The summed E-state index contributed by atoms with van der Waals surface area (Å²) in [7, 11) is 1.50. The molecule has 0 radical (unpaired) electrons. The van der Waals surface area contributed by atoms with E-state index in [1.165, 1.54) is 11.9 Å². The highest BCUT2D eigenvalue weighted by Gasteiger charge is 2.34. The van der Waals surface area contributed by atoms with E-state index in [1.54, 1.807) is 20.8 Å². The third-order valence-electron chi connectivity index (χ3n) is 4.95. The average molecular weight is 450 g/mol. The van der Waals surface area contributed by atoms with Crippen LogP contribution in [0, 0.1) is 13.8 Å². The van der Waals surface area contributed by atoms with Crippen molar-refractivity contribution in [2.75, 3.05) is 20.2 Å². The molecule has 1 aromatic rings. The molecule has 1 rings (SSSR count). The van der Waals surface area contributed by atoms with E-state index >= 15 is 0 Å². The summed E-state index contributed by atoms with van der Waals surface area (Å²) in [6.45, 7) is 10.9. The molecule has 0 saturated carbocycles. The molecule has 32 heavy (non-hydrogen) atoms. The van der Waals surface area contributed by atoms with E-state index < -0.39 is 36.3 Å². The van der Waals surface area contributed by atoms with E-state index in [2.05, 4.69) is 17.6 Å². The van der Waals surface area contributed by atoms with Gasteiger partial charge in [-0.1, -0.05) is 43.5 Å². The number of hydrogen-bond donors (Lipinski definition) is 3. The Labute approximate surface area is 191 Å². The molecule has 1 aromatic carbocycles. The normalized spacial score (nSPS) is 13.1. The summed E-state index contributed by atoms with van der Waals surface area (Å²) in [5.41, 5.74) is 1.86. The van der Waals surface area contributed by atoms with Gasteiger partial charge in [-0.2, -0.15) is 0 Å². The third-order valence-corrected chi connectivity index (χ3v) is 4.95. The monoisotopic (exact) mass is 449 g/mol. The summed E-state index contributed by atoms with van der Waals surface area (Å²) < 4.78 is 5.19. The lowest BCUT2D eigenvalue weighted by Gasteiger charge is -2.32. The molecule has 0 saturated heterocycles. The lowest BCUT2D eigenvalue weighted by molar-refractivity contribution is -0.141. The first-order chi connectivity index (χ1) is 14.9. The third kappa shape index (κ3) is 8.49. The summed E-state index contributed by atoms with van der Waals surface area (Å²) in [6.07, 6.45) is 2.06. The number of likely N-dealkylation sites (N-methyl/N-ethyl adjacent to an activating group) is 1. The number of aryl methyl sites for hydroxylation is 2. The van der Waals surface area contributed by atoms with E-state index in [1.807, 2.05) is 32.0 Å². The topological polar surface area (TPSA) is 108 Å². The van der Waals surface area contributed by atoms with Crippen molar-refractivity contribution < 1.29 is 24.2 Å². The zero-order chi connectivity index (χ0) is 24.5. The summed E-state index contributed by atoms with van der Waals surface area (Å²) in [6, 6.07) is 3.53. The molecular weight excluding hydrogens is 410 g/mol. The lowest BCUT2D eigenvalue weighted by atomic mass is 9.97. The van der Waals surface area contributed by atoms with Crippen molar-refractivity contribution in [3.05, 3.63) is 34.9 Å². The Morgan fingerprint density at radius 3 is 2.34 bits per heavy atom. The Kier molecular flexibility index (Phi) is 10.7. The summed E-state index contributed by atoms with van der Waals surface area (Å²) >= 11 is 0. The number of aliphatic hydroxyl groups excluding tert-OH is 1. The smallest absolute Gasteiger partial charge is 0.408 e. The highest BCUT2D eigenvalue weighted by atomic mass is 16.6. The maximum atomic E-state index is 13.2. The number of nitrogens with zero attached hydrogens (tertiary/aromatic N) is 1. The average Bonchev–Trinajstić information content (AvgIpc) is 2.69. The number of unbranched alkanes of at least 4 members (excludes halogenated alkanes) is 2. The fourth-order valence-corrected chi connectivity index (χ4v) is 3.35. The molecule has 8 heteroatoms. The predicted octanol–water partition coefficient (Wildman–Crippen LogP) is 2.99. The van der Waals surface area contributed by atoms with Crippen LogP contribution in [0.15, 0.2) is 18.2 Å². The van der Waals surface area contributed by atoms with Crippen LogP contribution >= 0.6 is 0 Å². The second-order valence-electron chi connectivity index (χ2n) is 9.09. The fourth-order valence-electron chi connectivity index (χ4n) is 3.35. The van der Waals surface area contributed by atoms with Gasteiger partial charge in [-0.3, -0.25) is 9.59 Å². The summed E-state index contributed by atoms with van der Waals surface area (Å²) in [5, 5.41) is 15.1. The van der Waals surface area contributed by atoms with Crippen molar-refractivity contribution >= 4 is 17.9 Å². The highest BCUT2D eigenvalue weighted by molar-refractivity contribution is 5.92. The number of alkyl carbamates (subject to hydrolysis) is 1. The standard InChI is InChI=1S/C24H39N3O5/c1-8-9-10-13-25-21(29)20(18-12-11-16(2)14-17(18)3)27(7)22(30)19(15-28)26-23(31)32-24(4,5)6/h11-12,14,19-20,28H,8-10,13,15H2,1-7H3,(H,25,29)(H,26,31). The molecule has 0 aliphatic carbocycles. The maximum Gasteiger partial charge on any atom is 0.408 e. The molecule has 2 atom stereocenters. The van der Waals surface area contributed by atoms with Gasteiger partial charge in [-0.15, -0.1) is 0 Å². The minimum absolute atomic E-state index is 0.308. The molecule has 8 nitrogen and oxygen atoms in total. The molecular formula is C24H39N3O5. The predicted molar refractivity (Wildman–Crippen MR) is 124 cm³/mol. The Bertz CT molecular complexity index is 788. The fraction of sp³-hybridized carbons (Fsp3) is 0.625. The largest absolute Gasteiger partial charge is 0.444 e.